The van der Waals surface area contributed by atoms with Crippen LogP contribution in [0.25, 0.3) is 0 Å². The molecule has 0 unspecified atom stereocenters. The molecule has 114 valence electrons. The van der Waals surface area contributed by atoms with Gasteiger partial charge in [-0.25, -0.2) is 4.79 Å². The topological polar surface area (TPSA) is 61.4 Å². The molecular formula is C14H18ClN3O2S. The Bertz CT molecular complexity index is 576. The molecule has 2 aliphatic rings. The fourth-order valence-corrected chi connectivity index (χ4v) is 4.30. The standard InChI is InChI=1S/C14H18ClN3O2S/c1-14(12(19)16-13(20)17-14)9-3-2-6-18(7-9)8-10-4-5-11(15)21-10/h4-5,9H,2-3,6-8H2,1H3,(H2,16,17,19,20)/t9-,14-/m0/s1. The third-order valence-electron chi connectivity index (χ3n) is 4.40. The number of likely N-dealkylation sites (tertiary alicyclic amines) is 1. The van der Waals surface area contributed by atoms with E-state index in [1.165, 1.54) is 4.88 Å². The minimum atomic E-state index is -0.789. The highest BCUT2D eigenvalue weighted by Crippen LogP contribution is 2.31. The number of amides is 3. The number of rotatable bonds is 3. The molecule has 7 heteroatoms. The number of urea groups is 1. The van der Waals surface area contributed by atoms with Crippen molar-refractivity contribution in [2.45, 2.75) is 31.8 Å². The molecule has 3 rings (SSSR count). The molecule has 5 nitrogen and oxygen atoms in total. The number of imide groups is 1. The SMILES string of the molecule is C[C@@]1([C@H]2CCCN(Cc3ccc(Cl)s3)C2)NC(=O)NC1=O. The Morgan fingerprint density at radius 1 is 1.48 bits per heavy atom. The summed E-state index contributed by atoms with van der Waals surface area (Å²) < 4.78 is 0.799. The highest BCUT2D eigenvalue weighted by Gasteiger charge is 2.48. The first-order valence-electron chi connectivity index (χ1n) is 7.07. The molecule has 2 N–H and O–H groups in total. The molecule has 0 bridgehead atoms. The maximum Gasteiger partial charge on any atom is 0.322 e. The molecule has 0 radical (unpaired) electrons. The van der Waals surface area contributed by atoms with Crippen LogP contribution in [0.3, 0.4) is 0 Å². The summed E-state index contributed by atoms with van der Waals surface area (Å²) in [6.45, 7) is 4.49. The maximum absolute atomic E-state index is 12.0. The van der Waals surface area contributed by atoms with Crippen molar-refractivity contribution in [1.82, 2.24) is 15.5 Å². The van der Waals surface area contributed by atoms with Gasteiger partial charge in [0.25, 0.3) is 5.91 Å². The smallest absolute Gasteiger partial charge is 0.322 e. The first-order chi connectivity index (χ1) is 9.97. The van der Waals surface area contributed by atoms with Gasteiger partial charge in [0.05, 0.1) is 4.34 Å². The molecular weight excluding hydrogens is 310 g/mol. The van der Waals surface area contributed by atoms with E-state index >= 15 is 0 Å². The molecule has 0 aromatic carbocycles. The lowest BCUT2D eigenvalue weighted by Gasteiger charge is -2.39. The number of carbonyl (C=O) groups excluding carboxylic acids is 2. The zero-order valence-corrected chi connectivity index (χ0v) is 13.4. The molecule has 3 amide bonds. The van der Waals surface area contributed by atoms with Gasteiger partial charge in [-0.2, -0.15) is 0 Å². The summed E-state index contributed by atoms with van der Waals surface area (Å²) in [7, 11) is 0. The first-order valence-corrected chi connectivity index (χ1v) is 8.27. The quantitative estimate of drug-likeness (QED) is 0.837. The molecule has 1 aromatic heterocycles. The van der Waals surface area contributed by atoms with E-state index in [1.807, 2.05) is 19.1 Å². The summed E-state index contributed by atoms with van der Waals surface area (Å²) in [5.41, 5.74) is -0.789. The van der Waals surface area contributed by atoms with Crippen molar-refractivity contribution in [2.75, 3.05) is 13.1 Å². The first kappa shape index (κ1) is 14.8. The fraction of sp³-hybridized carbons (Fsp3) is 0.571. The highest BCUT2D eigenvalue weighted by molar-refractivity contribution is 7.16. The molecule has 0 spiro atoms. The van der Waals surface area contributed by atoms with Gasteiger partial charge >= 0.3 is 6.03 Å². The van der Waals surface area contributed by atoms with Crippen LogP contribution >= 0.6 is 22.9 Å². The van der Waals surface area contributed by atoms with Crippen LogP contribution in [0.15, 0.2) is 12.1 Å². The van der Waals surface area contributed by atoms with Gasteiger partial charge in [0.2, 0.25) is 0 Å². The van der Waals surface area contributed by atoms with Crippen molar-refractivity contribution < 1.29 is 9.59 Å². The number of nitrogens with one attached hydrogen (secondary N) is 2. The second kappa shape index (κ2) is 5.59. The van der Waals surface area contributed by atoms with Crippen LogP contribution in [-0.4, -0.2) is 35.5 Å². The molecule has 2 saturated heterocycles. The minimum absolute atomic E-state index is 0.133. The molecule has 0 aliphatic carbocycles. The van der Waals surface area contributed by atoms with Crippen LogP contribution in [0.2, 0.25) is 4.34 Å². The van der Waals surface area contributed by atoms with Crippen molar-refractivity contribution in [3.63, 3.8) is 0 Å². The van der Waals surface area contributed by atoms with Crippen LogP contribution in [-0.2, 0) is 11.3 Å². The number of hydrogen-bond acceptors (Lipinski definition) is 4. The Balaban J connectivity index is 1.68. The van der Waals surface area contributed by atoms with E-state index in [4.69, 9.17) is 11.6 Å². The third kappa shape index (κ3) is 2.93. The number of piperidine rings is 1. The van der Waals surface area contributed by atoms with E-state index in [1.54, 1.807) is 11.3 Å². The summed E-state index contributed by atoms with van der Waals surface area (Å²) in [4.78, 5) is 27.0. The monoisotopic (exact) mass is 327 g/mol. The number of hydrogen-bond donors (Lipinski definition) is 2. The van der Waals surface area contributed by atoms with E-state index in [0.29, 0.717) is 0 Å². The van der Waals surface area contributed by atoms with Gasteiger partial charge < -0.3 is 5.32 Å². The van der Waals surface area contributed by atoms with Gasteiger partial charge in [-0.15, -0.1) is 11.3 Å². The number of halogens is 1. The van der Waals surface area contributed by atoms with Crippen LogP contribution in [0.4, 0.5) is 4.79 Å². The second-order valence-electron chi connectivity index (χ2n) is 5.89. The van der Waals surface area contributed by atoms with Gasteiger partial charge in [-0.05, 0) is 38.4 Å². The number of thiophene rings is 1. The van der Waals surface area contributed by atoms with Gasteiger partial charge in [0, 0.05) is 23.9 Å². The fourth-order valence-electron chi connectivity index (χ4n) is 3.17. The largest absolute Gasteiger partial charge is 0.323 e. The molecule has 1 aromatic rings. The molecule has 2 fully saturated rings. The van der Waals surface area contributed by atoms with Crippen LogP contribution < -0.4 is 10.6 Å². The summed E-state index contributed by atoms with van der Waals surface area (Å²) in [5.74, 6) is -0.0772. The van der Waals surface area contributed by atoms with Crippen molar-refractivity contribution in [2.24, 2.45) is 5.92 Å². The summed E-state index contributed by atoms with van der Waals surface area (Å²) >= 11 is 7.56. The van der Waals surface area contributed by atoms with Gasteiger partial charge in [-0.3, -0.25) is 15.0 Å². The average molecular weight is 328 g/mol. The number of carbonyl (C=O) groups is 2. The lowest BCUT2D eigenvalue weighted by molar-refractivity contribution is -0.126. The van der Waals surface area contributed by atoms with Crippen LogP contribution in [0.5, 0.6) is 0 Å². The molecule has 0 saturated carbocycles. The van der Waals surface area contributed by atoms with Crippen LogP contribution in [0, 0.1) is 5.92 Å². The normalized spacial score (nSPS) is 30.3. The summed E-state index contributed by atoms with van der Waals surface area (Å²) in [6.07, 6.45) is 1.98. The molecule has 2 aliphatic heterocycles. The van der Waals surface area contributed by atoms with Gasteiger partial charge in [0.15, 0.2) is 0 Å². The Morgan fingerprint density at radius 3 is 2.90 bits per heavy atom. The highest BCUT2D eigenvalue weighted by atomic mass is 35.5. The molecule has 2 atom stereocenters. The number of nitrogens with zero attached hydrogens (tertiary/aromatic N) is 1. The zero-order chi connectivity index (χ0) is 15.0. The molecule has 21 heavy (non-hydrogen) atoms. The van der Waals surface area contributed by atoms with Crippen LogP contribution in [0.1, 0.15) is 24.6 Å². The predicted octanol–water partition coefficient (Wildman–Crippen LogP) is 2.21. The predicted molar refractivity (Wildman–Crippen MR) is 82.4 cm³/mol. The maximum atomic E-state index is 12.0. The van der Waals surface area contributed by atoms with Crippen molar-refractivity contribution in [3.05, 3.63) is 21.3 Å². The minimum Gasteiger partial charge on any atom is -0.323 e. The van der Waals surface area contributed by atoms with Crippen molar-refractivity contribution >= 4 is 34.9 Å². The van der Waals surface area contributed by atoms with E-state index in [2.05, 4.69) is 15.5 Å². The Kier molecular flexibility index (Phi) is 3.94. The second-order valence-corrected chi connectivity index (χ2v) is 7.69. The van der Waals surface area contributed by atoms with E-state index in [0.717, 1.165) is 36.8 Å². The third-order valence-corrected chi connectivity index (χ3v) is 5.62. The summed E-state index contributed by atoms with van der Waals surface area (Å²) in [5, 5.41) is 5.14. The van der Waals surface area contributed by atoms with Gasteiger partial charge in [0.1, 0.15) is 5.54 Å². The lowest BCUT2D eigenvalue weighted by atomic mass is 9.80. The van der Waals surface area contributed by atoms with Crippen molar-refractivity contribution in [3.8, 4) is 0 Å². The van der Waals surface area contributed by atoms with E-state index in [9.17, 15) is 9.59 Å². The van der Waals surface area contributed by atoms with E-state index < -0.39 is 5.54 Å². The average Bonchev–Trinajstić information content (AvgIpc) is 2.94. The molecule has 3 heterocycles. The Labute approximate surface area is 132 Å². The lowest BCUT2D eigenvalue weighted by Crippen LogP contribution is -2.55. The Morgan fingerprint density at radius 2 is 2.29 bits per heavy atom. The summed E-state index contributed by atoms with van der Waals surface area (Å²) in [6, 6.07) is 3.57. The zero-order valence-electron chi connectivity index (χ0n) is 11.8. The van der Waals surface area contributed by atoms with Crippen molar-refractivity contribution in [1.29, 1.82) is 0 Å². The Hall–Kier alpha value is -1.11. The van der Waals surface area contributed by atoms with E-state index in [-0.39, 0.29) is 17.9 Å². The van der Waals surface area contributed by atoms with Gasteiger partial charge in [-0.1, -0.05) is 11.6 Å².